The molecular weight excluding hydrogens is 359 g/mol. The number of carbonyl (C=O) groups excluding carboxylic acids is 1. The van der Waals surface area contributed by atoms with Gasteiger partial charge in [0.1, 0.15) is 18.5 Å². The van der Waals surface area contributed by atoms with Gasteiger partial charge in [-0.15, -0.1) is 0 Å². The summed E-state index contributed by atoms with van der Waals surface area (Å²) < 4.78 is 15.3. The predicted molar refractivity (Wildman–Crippen MR) is 103 cm³/mol. The number of hydrogen-bond donors (Lipinski definition) is 2. The van der Waals surface area contributed by atoms with Crippen molar-refractivity contribution in [1.82, 2.24) is 30.5 Å². The highest BCUT2D eigenvalue weighted by atomic mass is 19.1. The molecule has 0 radical (unpaired) electrons. The lowest BCUT2D eigenvalue weighted by Gasteiger charge is -2.37. The summed E-state index contributed by atoms with van der Waals surface area (Å²) in [5, 5.41) is 4.08. The topological polar surface area (TPSA) is 75.1 Å². The van der Waals surface area contributed by atoms with E-state index in [9.17, 15) is 9.18 Å². The van der Waals surface area contributed by atoms with Crippen LogP contribution >= 0.6 is 0 Å². The Labute approximate surface area is 164 Å². The number of amides is 1. The van der Waals surface area contributed by atoms with Crippen LogP contribution in [0.1, 0.15) is 31.2 Å². The Morgan fingerprint density at radius 1 is 1.36 bits per heavy atom. The molecule has 150 valence electrons. The average molecular weight is 386 g/mol. The molecular formula is C20H27FN6O. The molecule has 2 aliphatic rings. The fourth-order valence-electron chi connectivity index (χ4n) is 4.50. The Kier molecular flexibility index (Phi) is 5.68. The zero-order chi connectivity index (χ0) is 19.5. The molecule has 2 fully saturated rings. The van der Waals surface area contributed by atoms with E-state index in [0.29, 0.717) is 12.5 Å². The highest BCUT2D eigenvalue weighted by molar-refractivity contribution is 5.78. The van der Waals surface area contributed by atoms with E-state index in [0.717, 1.165) is 38.0 Å². The minimum atomic E-state index is -0.190. The number of hydrazine groups is 1. The van der Waals surface area contributed by atoms with Gasteiger partial charge in [-0.1, -0.05) is 19.1 Å². The summed E-state index contributed by atoms with van der Waals surface area (Å²) in [7, 11) is 0. The first-order valence-electron chi connectivity index (χ1n) is 9.97. The Hall–Kier alpha value is -2.32. The number of hydrogen-bond acceptors (Lipinski definition) is 5. The second-order valence-electron chi connectivity index (χ2n) is 7.89. The van der Waals surface area contributed by atoms with Gasteiger partial charge in [0.25, 0.3) is 0 Å². The summed E-state index contributed by atoms with van der Waals surface area (Å²) in [6, 6.07) is 7.15. The number of carbonyl (C=O) groups is 1. The number of nitrogens with zero attached hydrogens (tertiary/aromatic N) is 4. The third kappa shape index (κ3) is 4.07. The molecule has 0 aliphatic carbocycles. The van der Waals surface area contributed by atoms with Gasteiger partial charge in [-0.2, -0.15) is 5.10 Å². The first kappa shape index (κ1) is 19.0. The van der Waals surface area contributed by atoms with Gasteiger partial charge in [0.2, 0.25) is 5.91 Å². The van der Waals surface area contributed by atoms with Gasteiger partial charge < -0.3 is 4.90 Å². The van der Waals surface area contributed by atoms with Crippen molar-refractivity contribution >= 4 is 5.91 Å². The van der Waals surface area contributed by atoms with E-state index >= 15 is 0 Å². The van der Waals surface area contributed by atoms with Crippen LogP contribution in [0, 0.1) is 17.7 Å². The molecule has 7 nitrogen and oxygen atoms in total. The van der Waals surface area contributed by atoms with Crippen LogP contribution in [0.5, 0.6) is 0 Å². The molecule has 4 rings (SSSR count). The van der Waals surface area contributed by atoms with Crippen LogP contribution in [-0.2, 0) is 11.3 Å². The molecule has 0 spiro atoms. The lowest BCUT2D eigenvalue weighted by Crippen LogP contribution is -2.47. The molecule has 0 saturated carbocycles. The fourth-order valence-corrected chi connectivity index (χ4v) is 4.50. The van der Waals surface area contributed by atoms with Crippen LogP contribution in [0.2, 0.25) is 0 Å². The Balaban J connectivity index is 1.34. The molecule has 8 heteroatoms. The normalized spacial score (nSPS) is 24.4. The quantitative estimate of drug-likeness (QED) is 0.816. The first-order chi connectivity index (χ1) is 13.6. The molecule has 2 aromatic rings. The summed E-state index contributed by atoms with van der Waals surface area (Å²) in [4.78, 5) is 18.7. The van der Waals surface area contributed by atoms with Crippen molar-refractivity contribution in [3.8, 4) is 0 Å². The third-order valence-electron chi connectivity index (χ3n) is 6.01. The smallest absolute Gasteiger partial charge is 0.227 e. The monoisotopic (exact) mass is 386 g/mol. The van der Waals surface area contributed by atoms with Crippen molar-refractivity contribution in [3.05, 3.63) is 48.3 Å². The predicted octanol–water partition coefficient (Wildman–Crippen LogP) is 1.55. The Morgan fingerprint density at radius 3 is 2.89 bits per heavy atom. The lowest BCUT2D eigenvalue weighted by atomic mass is 9.80. The SMILES string of the molecule is CC(Cn1cncn1)C(=O)N1CCC(C2NNCC2c2cccc(F)c2)CC1. The zero-order valence-corrected chi connectivity index (χ0v) is 16.1. The van der Waals surface area contributed by atoms with E-state index in [4.69, 9.17) is 0 Å². The number of halogens is 1. The molecule has 3 unspecified atom stereocenters. The standard InChI is InChI=1S/C20H27FN6O/c1-14(11-27-13-22-12-24-27)20(28)26-7-5-15(6-8-26)19-18(10-23-25-19)16-3-2-4-17(21)9-16/h2-4,9,12-15,18-19,23,25H,5-8,10-11H2,1H3. The summed E-state index contributed by atoms with van der Waals surface area (Å²) in [5.41, 5.74) is 7.67. The van der Waals surface area contributed by atoms with Crippen LogP contribution in [0.4, 0.5) is 4.39 Å². The molecule has 3 atom stereocenters. The average Bonchev–Trinajstić information content (AvgIpc) is 3.39. The second-order valence-corrected chi connectivity index (χ2v) is 7.89. The molecule has 1 aromatic heterocycles. The van der Waals surface area contributed by atoms with Crippen LogP contribution < -0.4 is 10.9 Å². The first-order valence-corrected chi connectivity index (χ1v) is 9.97. The third-order valence-corrected chi connectivity index (χ3v) is 6.01. The van der Waals surface area contributed by atoms with Gasteiger partial charge in [0, 0.05) is 31.6 Å². The van der Waals surface area contributed by atoms with Gasteiger partial charge in [-0.3, -0.25) is 20.3 Å². The van der Waals surface area contributed by atoms with Gasteiger partial charge in [-0.25, -0.2) is 9.37 Å². The number of benzene rings is 1. The minimum absolute atomic E-state index is 0.121. The lowest BCUT2D eigenvalue weighted by molar-refractivity contribution is -0.137. The van der Waals surface area contributed by atoms with E-state index in [1.54, 1.807) is 23.1 Å². The molecule has 1 aromatic carbocycles. The highest BCUT2D eigenvalue weighted by Crippen LogP contribution is 2.32. The number of aromatic nitrogens is 3. The van der Waals surface area contributed by atoms with Crippen molar-refractivity contribution in [2.75, 3.05) is 19.6 Å². The van der Waals surface area contributed by atoms with E-state index in [-0.39, 0.29) is 29.6 Å². The summed E-state index contributed by atoms with van der Waals surface area (Å²) in [5.74, 6) is 0.565. The van der Waals surface area contributed by atoms with Gasteiger partial charge in [0.15, 0.2) is 0 Å². The van der Waals surface area contributed by atoms with Gasteiger partial charge in [-0.05, 0) is 36.5 Å². The maximum atomic E-state index is 13.6. The van der Waals surface area contributed by atoms with Gasteiger partial charge >= 0.3 is 0 Å². The summed E-state index contributed by atoms with van der Waals surface area (Å²) in [6.45, 7) is 4.81. The molecule has 28 heavy (non-hydrogen) atoms. The minimum Gasteiger partial charge on any atom is -0.342 e. The van der Waals surface area contributed by atoms with Gasteiger partial charge in [0.05, 0.1) is 12.5 Å². The van der Waals surface area contributed by atoms with Crippen molar-refractivity contribution in [1.29, 1.82) is 0 Å². The van der Waals surface area contributed by atoms with Crippen molar-refractivity contribution in [2.24, 2.45) is 11.8 Å². The van der Waals surface area contributed by atoms with Crippen molar-refractivity contribution < 1.29 is 9.18 Å². The van der Waals surface area contributed by atoms with Crippen LogP contribution in [-0.4, -0.2) is 51.2 Å². The molecule has 1 amide bonds. The van der Waals surface area contributed by atoms with E-state index in [1.807, 2.05) is 17.9 Å². The molecule has 2 saturated heterocycles. The van der Waals surface area contributed by atoms with Crippen LogP contribution in [0.15, 0.2) is 36.9 Å². The summed E-state index contributed by atoms with van der Waals surface area (Å²) in [6.07, 6.45) is 5.03. The van der Waals surface area contributed by atoms with Crippen molar-refractivity contribution in [3.63, 3.8) is 0 Å². The van der Waals surface area contributed by atoms with E-state index < -0.39 is 0 Å². The largest absolute Gasteiger partial charge is 0.342 e. The van der Waals surface area contributed by atoms with Crippen LogP contribution in [0.3, 0.4) is 0 Å². The zero-order valence-electron chi connectivity index (χ0n) is 16.1. The second kappa shape index (κ2) is 8.36. The maximum absolute atomic E-state index is 13.6. The maximum Gasteiger partial charge on any atom is 0.227 e. The molecule has 2 aliphatic heterocycles. The molecule has 2 N–H and O–H groups in total. The van der Waals surface area contributed by atoms with E-state index in [1.165, 1.54) is 12.4 Å². The molecule has 0 bridgehead atoms. The number of likely N-dealkylation sites (tertiary alicyclic amines) is 1. The summed E-state index contributed by atoms with van der Waals surface area (Å²) >= 11 is 0. The van der Waals surface area contributed by atoms with Crippen molar-refractivity contribution in [2.45, 2.75) is 38.3 Å². The fraction of sp³-hybridized carbons (Fsp3) is 0.550. The Bertz CT molecular complexity index is 790. The van der Waals surface area contributed by atoms with Crippen LogP contribution in [0.25, 0.3) is 0 Å². The highest BCUT2D eigenvalue weighted by Gasteiger charge is 2.37. The molecule has 3 heterocycles. The number of rotatable bonds is 5. The number of nitrogens with one attached hydrogen (secondary N) is 2. The van der Waals surface area contributed by atoms with E-state index in [2.05, 4.69) is 20.9 Å². The number of piperidine rings is 1. The Morgan fingerprint density at radius 2 is 2.18 bits per heavy atom.